The van der Waals surface area contributed by atoms with Crippen LogP contribution in [0, 0.1) is 17.7 Å². The number of likely N-dealkylation sites (tertiary alicyclic amines) is 1. The van der Waals surface area contributed by atoms with Gasteiger partial charge in [-0.1, -0.05) is 6.92 Å². The van der Waals surface area contributed by atoms with Crippen LogP contribution in [0.5, 0.6) is 0 Å². The van der Waals surface area contributed by atoms with Gasteiger partial charge in [0.05, 0.1) is 11.5 Å². The first-order valence-electron chi connectivity index (χ1n) is 7.38. The van der Waals surface area contributed by atoms with Crippen molar-refractivity contribution >= 4 is 23.5 Å². The third-order valence-electron chi connectivity index (χ3n) is 4.03. The SMILES string of the molecule is CC(=O)Nc1ccc(F)c(C(=O)N2CCC(C(=O)O)C(C)C2)c1. The van der Waals surface area contributed by atoms with Crippen molar-refractivity contribution in [2.24, 2.45) is 11.8 Å². The molecule has 2 N–H and O–H groups in total. The molecule has 124 valence electrons. The predicted molar refractivity (Wildman–Crippen MR) is 81.5 cm³/mol. The molecule has 2 atom stereocenters. The van der Waals surface area contributed by atoms with Gasteiger partial charge in [0, 0.05) is 25.7 Å². The van der Waals surface area contributed by atoms with Crippen molar-refractivity contribution in [2.75, 3.05) is 18.4 Å². The Bertz CT molecular complexity index is 647. The van der Waals surface area contributed by atoms with E-state index in [1.807, 2.05) is 0 Å². The molecule has 7 heteroatoms. The van der Waals surface area contributed by atoms with Gasteiger partial charge < -0.3 is 15.3 Å². The quantitative estimate of drug-likeness (QED) is 0.891. The Morgan fingerprint density at radius 3 is 2.61 bits per heavy atom. The van der Waals surface area contributed by atoms with Gasteiger partial charge in [-0.25, -0.2) is 4.39 Å². The number of hydrogen-bond acceptors (Lipinski definition) is 3. The molecule has 1 aromatic carbocycles. The summed E-state index contributed by atoms with van der Waals surface area (Å²) in [7, 11) is 0. The van der Waals surface area contributed by atoms with E-state index in [2.05, 4.69) is 5.32 Å². The second-order valence-electron chi connectivity index (χ2n) is 5.84. The Hall–Kier alpha value is -2.44. The van der Waals surface area contributed by atoms with Gasteiger partial charge in [0.15, 0.2) is 0 Å². The Balaban J connectivity index is 2.17. The minimum absolute atomic E-state index is 0.128. The Labute approximate surface area is 133 Å². The number of carboxylic acid groups (broad SMARTS) is 1. The van der Waals surface area contributed by atoms with E-state index < -0.39 is 23.6 Å². The Morgan fingerprint density at radius 1 is 1.35 bits per heavy atom. The maximum Gasteiger partial charge on any atom is 0.306 e. The highest BCUT2D eigenvalue weighted by Gasteiger charge is 2.33. The summed E-state index contributed by atoms with van der Waals surface area (Å²) >= 11 is 0. The Morgan fingerprint density at radius 2 is 2.04 bits per heavy atom. The van der Waals surface area contributed by atoms with Crippen molar-refractivity contribution in [3.8, 4) is 0 Å². The molecule has 2 unspecified atom stereocenters. The monoisotopic (exact) mass is 322 g/mol. The van der Waals surface area contributed by atoms with Gasteiger partial charge in [0.25, 0.3) is 5.91 Å². The largest absolute Gasteiger partial charge is 0.481 e. The maximum absolute atomic E-state index is 14.0. The van der Waals surface area contributed by atoms with E-state index in [1.165, 1.54) is 24.0 Å². The van der Waals surface area contributed by atoms with Gasteiger partial charge in [-0.05, 0) is 30.5 Å². The molecule has 1 aromatic rings. The van der Waals surface area contributed by atoms with Gasteiger partial charge in [-0.3, -0.25) is 14.4 Å². The van der Waals surface area contributed by atoms with Gasteiger partial charge >= 0.3 is 5.97 Å². The van der Waals surface area contributed by atoms with E-state index >= 15 is 0 Å². The molecule has 1 heterocycles. The van der Waals surface area contributed by atoms with Crippen LogP contribution >= 0.6 is 0 Å². The van der Waals surface area contributed by atoms with E-state index in [-0.39, 0.29) is 30.5 Å². The molecule has 0 spiro atoms. The smallest absolute Gasteiger partial charge is 0.306 e. The average molecular weight is 322 g/mol. The highest BCUT2D eigenvalue weighted by Crippen LogP contribution is 2.26. The first kappa shape index (κ1) is 16.9. The molecule has 2 amide bonds. The van der Waals surface area contributed by atoms with Crippen molar-refractivity contribution in [1.29, 1.82) is 0 Å². The van der Waals surface area contributed by atoms with Crippen LogP contribution in [0.2, 0.25) is 0 Å². The van der Waals surface area contributed by atoms with E-state index in [0.717, 1.165) is 6.07 Å². The van der Waals surface area contributed by atoms with Crippen molar-refractivity contribution in [3.05, 3.63) is 29.6 Å². The van der Waals surface area contributed by atoms with Crippen LogP contribution in [-0.4, -0.2) is 40.9 Å². The zero-order chi connectivity index (χ0) is 17.1. The molecule has 23 heavy (non-hydrogen) atoms. The van der Waals surface area contributed by atoms with Gasteiger partial charge in [-0.15, -0.1) is 0 Å². The summed E-state index contributed by atoms with van der Waals surface area (Å²) in [5, 5.41) is 11.6. The molecule has 0 aliphatic carbocycles. The molecule has 0 bridgehead atoms. The lowest BCUT2D eigenvalue weighted by Crippen LogP contribution is -2.45. The predicted octanol–water partition coefficient (Wildman–Crippen LogP) is 1.97. The number of benzene rings is 1. The van der Waals surface area contributed by atoms with Crippen LogP contribution in [0.4, 0.5) is 10.1 Å². The third-order valence-corrected chi connectivity index (χ3v) is 4.03. The van der Waals surface area contributed by atoms with Crippen LogP contribution in [0.3, 0.4) is 0 Å². The maximum atomic E-state index is 14.0. The topological polar surface area (TPSA) is 86.7 Å². The molecule has 0 saturated carbocycles. The summed E-state index contributed by atoms with van der Waals surface area (Å²) in [5.41, 5.74) is 0.216. The van der Waals surface area contributed by atoms with Crippen molar-refractivity contribution < 1.29 is 23.9 Å². The van der Waals surface area contributed by atoms with Crippen molar-refractivity contribution in [1.82, 2.24) is 4.90 Å². The average Bonchev–Trinajstić information content (AvgIpc) is 2.47. The number of piperidine rings is 1. The fourth-order valence-corrected chi connectivity index (χ4v) is 2.84. The molecule has 1 saturated heterocycles. The van der Waals surface area contributed by atoms with Crippen LogP contribution in [-0.2, 0) is 9.59 Å². The normalized spacial score (nSPS) is 20.9. The number of nitrogens with zero attached hydrogens (tertiary/aromatic N) is 1. The summed E-state index contributed by atoms with van der Waals surface area (Å²) in [5.74, 6) is -3.04. The highest BCUT2D eigenvalue weighted by molar-refractivity contribution is 5.97. The number of amides is 2. The lowest BCUT2D eigenvalue weighted by molar-refractivity contribution is -0.145. The van der Waals surface area contributed by atoms with Gasteiger partial charge in [-0.2, -0.15) is 0 Å². The number of carboxylic acids is 1. The number of aliphatic carboxylic acids is 1. The molecule has 1 aliphatic heterocycles. The fraction of sp³-hybridized carbons (Fsp3) is 0.438. The molecule has 2 rings (SSSR count). The number of anilines is 1. The molecule has 6 nitrogen and oxygen atoms in total. The summed E-state index contributed by atoms with van der Waals surface area (Å²) in [6, 6.07) is 3.81. The lowest BCUT2D eigenvalue weighted by Gasteiger charge is -2.35. The molecule has 0 radical (unpaired) electrons. The number of carbonyl (C=O) groups excluding carboxylic acids is 2. The molecule has 1 fully saturated rings. The Kier molecular flexibility index (Phi) is 4.98. The van der Waals surface area contributed by atoms with Crippen LogP contribution in [0.15, 0.2) is 18.2 Å². The molecular weight excluding hydrogens is 303 g/mol. The molecule has 1 aliphatic rings. The lowest BCUT2D eigenvalue weighted by atomic mass is 9.87. The summed E-state index contributed by atoms with van der Waals surface area (Å²) in [4.78, 5) is 36.1. The number of halogens is 1. The summed E-state index contributed by atoms with van der Waals surface area (Å²) < 4.78 is 14.0. The fourth-order valence-electron chi connectivity index (χ4n) is 2.84. The van der Waals surface area contributed by atoms with Gasteiger partial charge in [0.2, 0.25) is 5.91 Å². The van der Waals surface area contributed by atoms with E-state index in [4.69, 9.17) is 5.11 Å². The zero-order valence-corrected chi connectivity index (χ0v) is 13.0. The minimum Gasteiger partial charge on any atom is -0.481 e. The second kappa shape index (κ2) is 6.76. The minimum atomic E-state index is -0.872. The van der Waals surface area contributed by atoms with Crippen LogP contribution < -0.4 is 5.32 Å². The number of carbonyl (C=O) groups is 3. The zero-order valence-electron chi connectivity index (χ0n) is 13.0. The number of hydrogen-bond donors (Lipinski definition) is 2. The molecular formula is C16H19FN2O4. The van der Waals surface area contributed by atoms with Crippen LogP contribution in [0.25, 0.3) is 0 Å². The van der Waals surface area contributed by atoms with Gasteiger partial charge in [0.1, 0.15) is 5.82 Å². The van der Waals surface area contributed by atoms with E-state index in [9.17, 15) is 18.8 Å². The standard InChI is InChI=1S/C16H19FN2O4/c1-9-8-19(6-5-12(9)16(22)23)15(21)13-7-11(18-10(2)20)3-4-14(13)17/h3-4,7,9,12H,5-6,8H2,1-2H3,(H,18,20)(H,22,23). The first-order chi connectivity index (χ1) is 10.8. The molecule has 0 aromatic heterocycles. The summed E-state index contributed by atoms with van der Waals surface area (Å²) in [6.07, 6.45) is 0.343. The number of nitrogens with one attached hydrogen (secondary N) is 1. The van der Waals surface area contributed by atoms with Crippen LogP contribution in [0.1, 0.15) is 30.6 Å². The highest BCUT2D eigenvalue weighted by atomic mass is 19.1. The first-order valence-corrected chi connectivity index (χ1v) is 7.38. The summed E-state index contributed by atoms with van der Waals surface area (Å²) in [6.45, 7) is 3.62. The second-order valence-corrected chi connectivity index (χ2v) is 5.84. The van der Waals surface area contributed by atoms with E-state index in [1.54, 1.807) is 6.92 Å². The van der Waals surface area contributed by atoms with Crippen molar-refractivity contribution in [3.63, 3.8) is 0 Å². The van der Waals surface area contributed by atoms with Crippen molar-refractivity contribution in [2.45, 2.75) is 20.3 Å². The van der Waals surface area contributed by atoms with E-state index in [0.29, 0.717) is 12.1 Å². The third kappa shape index (κ3) is 3.85. The number of rotatable bonds is 3.